The van der Waals surface area contributed by atoms with Crippen LogP contribution in [0.5, 0.6) is 5.75 Å². The summed E-state index contributed by atoms with van der Waals surface area (Å²) in [7, 11) is 0. The van der Waals surface area contributed by atoms with Gasteiger partial charge in [0, 0.05) is 30.3 Å². The fourth-order valence-electron chi connectivity index (χ4n) is 5.14. The van der Waals surface area contributed by atoms with Gasteiger partial charge in [0.25, 0.3) is 0 Å². The number of fused-ring (bicyclic) bond motifs is 2. The van der Waals surface area contributed by atoms with Gasteiger partial charge in [-0.1, -0.05) is 24.3 Å². The highest BCUT2D eigenvalue weighted by Gasteiger charge is 2.42. The molecule has 2 aromatic rings. The molecule has 0 aromatic heterocycles. The first-order valence-corrected chi connectivity index (χ1v) is 11.7. The predicted octanol–water partition coefficient (Wildman–Crippen LogP) is 5.25. The van der Waals surface area contributed by atoms with Gasteiger partial charge in [0.1, 0.15) is 29.7 Å². The Morgan fingerprint density at radius 2 is 1.79 bits per heavy atom. The number of ether oxygens (including phenoxy) is 2. The topological polar surface area (TPSA) is 41.9 Å². The van der Waals surface area contributed by atoms with Crippen LogP contribution in [0.25, 0.3) is 5.57 Å². The van der Waals surface area contributed by atoms with E-state index in [4.69, 9.17) is 14.6 Å². The Morgan fingerprint density at radius 3 is 2.47 bits per heavy atom. The van der Waals surface area contributed by atoms with Crippen LogP contribution in [0, 0.1) is 11.6 Å². The molecule has 4 rings (SSSR count). The molecule has 1 aliphatic carbocycles. The van der Waals surface area contributed by atoms with E-state index in [-0.39, 0.29) is 50.3 Å². The standard InChI is InChI=1S/C27H32F3NO3/c1-17-12-21-20-7-5-4-6-18(20)13-22(21)26(31(17)16-27(2,3)30)25-23(28)14-19(15-24(25)29)34-11-10-33-9-8-32/h4-7,14-15,17,26,32H,8-13,16H2,1-3H3/t17-,26+/m1/s1. The number of benzene rings is 2. The summed E-state index contributed by atoms with van der Waals surface area (Å²) in [5, 5.41) is 8.75. The van der Waals surface area contributed by atoms with E-state index in [1.54, 1.807) is 0 Å². The van der Waals surface area contributed by atoms with Crippen LogP contribution in [0.2, 0.25) is 0 Å². The average Bonchev–Trinajstić information content (AvgIpc) is 3.12. The lowest BCUT2D eigenvalue weighted by Gasteiger charge is -2.44. The summed E-state index contributed by atoms with van der Waals surface area (Å²) < 4.78 is 56.5. The zero-order chi connectivity index (χ0) is 24.5. The fourth-order valence-corrected chi connectivity index (χ4v) is 5.14. The van der Waals surface area contributed by atoms with Crippen LogP contribution < -0.4 is 4.74 Å². The van der Waals surface area contributed by atoms with Gasteiger partial charge in [0.15, 0.2) is 0 Å². The molecule has 2 aliphatic rings. The lowest BCUT2D eigenvalue weighted by atomic mass is 9.84. The lowest BCUT2D eigenvalue weighted by molar-refractivity contribution is 0.0670. The van der Waals surface area contributed by atoms with Crippen LogP contribution in [0.3, 0.4) is 0 Å². The van der Waals surface area contributed by atoms with Crippen molar-refractivity contribution < 1.29 is 27.8 Å². The zero-order valence-corrected chi connectivity index (χ0v) is 19.9. The van der Waals surface area contributed by atoms with Gasteiger partial charge < -0.3 is 14.6 Å². The first kappa shape index (κ1) is 24.8. The highest BCUT2D eigenvalue weighted by atomic mass is 19.1. The van der Waals surface area contributed by atoms with Crippen molar-refractivity contribution in [2.75, 3.05) is 33.0 Å². The minimum Gasteiger partial charge on any atom is -0.491 e. The summed E-state index contributed by atoms with van der Waals surface area (Å²) >= 11 is 0. The molecule has 7 heteroatoms. The van der Waals surface area contributed by atoms with Crippen molar-refractivity contribution >= 4 is 5.57 Å². The molecule has 34 heavy (non-hydrogen) atoms. The number of hydrogen-bond donors (Lipinski definition) is 1. The van der Waals surface area contributed by atoms with E-state index in [1.807, 2.05) is 30.0 Å². The Balaban J connectivity index is 1.71. The number of aliphatic hydroxyl groups is 1. The van der Waals surface area contributed by atoms with Gasteiger partial charge >= 0.3 is 0 Å². The fraction of sp³-hybridized carbons (Fsp3) is 0.481. The van der Waals surface area contributed by atoms with E-state index < -0.39 is 23.3 Å². The first-order valence-electron chi connectivity index (χ1n) is 11.7. The summed E-state index contributed by atoms with van der Waals surface area (Å²) in [4.78, 5) is 1.90. The van der Waals surface area contributed by atoms with E-state index in [2.05, 4.69) is 6.07 Å². The summed E-state index contributed by atoms with van der Waals surface area (Å²) in [5.41, 5.74) is 2.71. The third-order valence-corrected chi connectivity index (χ3v) is 6.45. The second-order valence-corrected chi connectivity index (χ2v) is 9.67. The number of nitrogens with zero attached hydrogens (tertiary/aromatic N) is 1. The Labute approximate surface area is 199 Å². The molecule has 0 amide bonds. The van der Waals surface area contributed by atoms with Crippen molar-refractivity contribution in [1.29, 1.82) is 0 Å². The molecule has 1 heterocycles. The normalized spacial score (nSPS) is 20.4. The summed E-state index contributed by atoms with van der Waals surface area (Å²) in [6, 6.07) is 9.61. The van der Waals surface area contributed by atoms with Gasteiger partial charge in [-0.15, -0.1) is 0 Å². The first-order chi connectivity index (χ1) is 16.2. The largest absolute Gasteiger partial charge is 0.491 e. The minimum absolute atomic E-state index is 0.0608. The molecule has 0 saturated carbocycles. The molecule has 0 bridgehead atoms. The second-order valence-electron chi connectivity index (χ2n) is 9.67. The van der Waals surface area contributed by atoms with E-state index in [9.17, 15) is 4.39 Å². The van der Waals surface area contributed by atoms with Gasteiger partial charge in [-0.25, -0.2) is 13.2 Å². The zero-order valence-electron chi connectivity index (χ0n) is 19.9. The molecule has 184 valence electrons. The smallest absolute Gasteiger partial charge is 0.134 e. The Kier molecular flexibility index (Phi) is 7.36. The maximum atomic E-state index is 15.5. The molecule has 0 unspecified atom stereocenters. The summed E-state index contributed by atoms with van der Waals surface area (Å²) in [5.74, 6) is -1.36. The maximum Gasteiger partial charge on any atom is 0.134 e. The van der Waals surface area contributed by atoms with Crippen LogP contribution in [0.15, 0.2) is 42.0 Å². The Hall–Kier alpha value is -2.35. The average molecular weight is 476 g/mol. The van der Waals surface area contributed by atoms with Crippen LogP contribution in [0.1, 0.15) is 49.9 Å². The van der Waals surface area contributed by atoms with Gasteiger partial charge in [0.2, 0.25) is 0 Å². The monoisotopic (exact) mass is 475 g/mol. The van der Waals surface area contributed by atoms with E-state index in [1.165, 1.54) is 26.0 Å². The molecular formula is C27H32F3NO3. The van der Waals surface area contributed by atoms with Gasteiger partial charge in [-0.3, -0.25) is 4.90 Å². The molecule has 2 atom stereocenters. The number of alkyl halides is 1. The molecule has 0 saturated heterocycles. The number of halogens is 3. The van der Waals surface area contributed by atoms with Crippen molar-refractivity contribution in [1.82, 2.24) is 4.90 Å². The molecule has 0 fully saturated rings. The van der Waals surface area contributed by atoms with Gasteiger partial charge in [-0.05, 0) is 55.9 Å². The van der Waals surface area contributed by atoms with Crippen LogP contribution in [-0.4, -0.2) is 54.7 Å². The van der Waals surface area contributed by atoms with E-state index >= 15 is 8.78 Å². The third kappa shape index (κ3) is 5.16. The predicted molar refractivity (Wildman–Crippen MR) is 126 cm³/mol. The number of rotatable bonds is 9. The molecule has 2 aromatic carbocycles. The molecule has 0 spiro atoms. The molecule has 0 radical (unpaired) electrons. The molecule has 1 N–H and O–H groups in total. The van der Waals surface area contributed by atoms with Crippen molar-refractivity contribution in [2.45, 2.75) is 51.4 Å². The van der Waals surface area contributed by atoms with Gasteiger partial charge in [-0.2, -0.15) is 0 Å². The lowest BCUT2D eigenvalue weighted by Crippen LogP contribution is -2.47. The quantitative estimate of drug-likeness (QED) is 0.504. The van der Waals surface area contributed by atoms with Crippen LogP contribution in [-0.2, 0) is 11.2 Å². The summed E-state index contributed by atoms with van der Waals surface area (Å²) in [6.07, 6.45) is 1.29. The van der Waals surface area contributed by atoms with Crippen molar-refractivity contribution in [2.24, 2.45) is 0 Å². The van der Waals surface area contributed by atoms with Crippen molar-refractivity contribution in [3.05, 3.63) is 70.3 Å². The van der Waals surface area contributed by atoms with Gasteiger partial charge in [0.05, 0.1) is 25.9 Å². The van der Waals surface area contributed by atoms with Crippen LogP contribution >= 0.6 is 0 Å². The molecule has 4 nitrogen and oxygen atoms in total. The van der Waals surface area contributed by atoms with E-state index in [0.717, 1.165) is 22.3 Å². The minimum atomic E-state index is -1.53. The maximum absolute atomic E-state index is 15.5. The number of hydrogen-bond acceptors (Lipinski definition) is 4. The SMILES string of the molecule is C[C@@H]1CC2=C(Cc3ccccc32)[C@@H](c2c(F)cc(OCCOCCO)cc2F)N1CC(C)(C)F. The third-order valence-electron chi connectivity index (χ3n) is 6.45. The summed E-state index contributed by atoms with van der Waals surface area (Å²) in [6.45, 7) is 5.40. The van der Waals surface area contributed by atoms with Crippen LogP contribution in [0.4, 0.5) is 13.2 Å². The Morgan fingerprint density at radius 1 is 1.09 bits per heavy atom. The van der Waals surface area contributed by atoms with E-state index in [0.29, 0.717) is 12.8 Å². The molecular weight excluding hydrogens is 443 g/mol. The second kappa shape index (κ2) is 10.1. The van der Waals surface area contributed by atoms with Crippen molar-refractivity contribution in [3.63, 3.8) is 0 Å². The van der Waals surface area contributed by atoms with Crippen molar-refractivity contribution in [3.8, 4) is 5.75 Å². The number of aliphatic hydroxyl groups excluding tert-OH is 1. The Bertz CT molecular complexity index is 1040. The highest BCUT2D eigenvalue weighted by molar-refractivity contribution is 5.79. The molecule has 1 aliphatic heterocycles. The highest BCUT2D eigenvalue weighted by Crippen LogP contribution is 2.50.